The summed E-state index contributed by atoms with van der Waals surface area (Å²) in [6.07, 6.45) is 1.56. The van der Waals surface area contributed by atoms with E-state index in [2.05, 4.69) is 0 Å². The van der Waals surface area contributed by atoms with Crippen molar-refractivity contribution in [3.05, 3.63) is 54.0 Å². The fourth-order valence-corrected chi connectivity index (χ4v) is 4.17. The first-order chi connectivity index (χ1) is 12.6. The highest BCUT2D eigenvalue weighted by molar-refractivity contribution is 7.99. The highest BCUT2D eigenvalue weighted by Crippen LogP contribution is 2.41. The Morgan fingerprint density at radius 3 is 2.65 bits per heavy atom. The summed E-state index contributed by atoms with van der Waals surface area (Å²) in [4.78, 5) is 26.0. The van der Waals surface area contributed by atoms with E-state index >= 15 is 0 Å². The first kappa shape index (κ1) is 18.4. The lowest BCUT2D eigenvalue weighted by Crippen LogP contribution is -2.43. The van der Waals surface area contributed by atoms with Gasteiger partial charge in [-0.2, -0.15) is 0 Å². The Kier molecular flexibility index (Phi) is 5.88. The normalized spacial score (nSPS) is 19.4. The maximum absolute atomic E-state index is 12.4. The van der Waals surface area contributed by atoms with E-state index in [1.165, 1.54) is 23.6 Å². The molecule has 0 unspecified atom stereocenters. The van der Waals surface area contributed by atoms with Crippen LogP contribution in [0, 0.1) is 6.92 Å². The molecule has 0 aliphatic carbocycles. The second-order valence-electron chi connectivity index (χ2n) is 5.97. The number of aryl methyl sites for hydroxylation is 1. The number of esters is 1. The molecule has 7 heteroatoms. The van der Waals surface area contributed by atoms with Crippen molar-refractivity contribution in [3.63, 3.8) is 0 Å². The van der Waals surface area contributed by atoms with Gasteiger partial charge in [-0.1, -0.05) is 17.7 Å². The van der Waals surface area contributed by atoms with E-state index in [4.69, 9.17) is 13.9 Å². The van der Waals surface area contributed by atoms with Crippen LogP contribution in [0.2, 0.25) is 0 Å². The number of benzene rings is 1. The smallest absolute Gasteiger partial charge is 0.329 e. The maximum atomic E-state index is 12.4. The summed E-state index contributed by atoms with van der Waals surface area (Å²) >= 11 is 1.49. The van der Waals surface area contributed by atoms with E-state index in [1.807, 2.05) is 31.2 Å². The average molecular weight is 375 g/mol. The first-order valence-electron chi connectivity index (χ1n) is 8.36. The number of thioether (sulfide) groups is 1. The van der Waals surface area contributed by atoms with Crippen molar-refractivity contribution < 1.29 is 23.5 Å². The van der Waals surface area contributed by atoms with Gasteiger partial charge in [0.25, 0.3) is 0 Å². The largest absolute Gasteiger partial charge is 0.490 e. The van der Waals surface area contributed by atoms with E-state index in [9.17, 15) is 9.59 Å². The number of amides is 1. The molecule has 0 bridgehead atoms. The van der Waals surface area contributed by atoms with Crippen molar-refractivity contribution in [2.75, 3.05) is 19.0 Å². The average Bonchev–Trinajstić information content (AvgIpc) is 3.29. The van der Waals surface area contributed by atoms with Gasteiger partial charge in [0.2, 0.25) is 5.91 Å². The molecule has 1 aliphatic heterocycles. The third-order valence-electron chi connectivity index (χ3n) is 4.04. The highest BCUT2D eigenvalue weighted by atomic mass is 32.2. The van der Waals surface area contributed by atoms with Crippen molar-refractivity contribution >= 4 is 23.6 Å². The molecule has 1 saturated heterocycles. The van der Waals surface area contributed by atoms with Gasteiger partial charge in [0.05, 0.1) is 6.26 Å². The number of ether oxygens (including phenoxy) is 2. The van der Waals surface area contributed by atoms with Gasteiger partial charge in [0.15, 0.2) is 0 Å². The van der Waals surface area contributed by atoms with E-state index < -0.39 is 12.0 Å². The van der Waals surface area contributed by atoms with E-state index in [1.54, 1.807) is 18.4 Å². The molecule has 2 aromatic rings. The van der Waals surface area contributed by atoms with Crippen LogP contribution >= 0.6 is 11.8 Å². The Labute approximate surface area is 156 Å². The number of rotatable bonds is 6. The van der Waals surface area contributed by atoms with Crippen LogP contribution in [0.1, 0.15) is 23.6 Å². The number of hydrogen-bond acceptors (Lipinski definition) is 6. The van der Waals surface area contributed by atoms with Gasteiger partial charge in [0.1, 0.15) is 36.1 Å². The molecule has 26 heavy (non-hydrogen) atoms. The van der Waals surface area contributed by atoms with Crippen molar-refractivity contribution in [2.24, 2.45) is 0 Å². The zero-order valence-corrected chi connectivity index (χ0v) is 15.5. The van der Waals surface area contributed by atoms with Crippen LogP contribution in [0.15, 0.2) is 47.1 Å². The van der Waals surface area contributed by atoms with Crippen LogP contribution in [-0.4, -0.2) is 41.8 Å². The van der Waals surface area contributed by atoms with E-state index in [0.29, 0.717) is 11.5 Å². The van der Waals surface area contributed by atoms with Gasteiger partial charge < -0.3 is 18.8 Å². The Bertz CT molecular complexity index is 744. The van der Waals surface area contributed by atoms with Gasteiger partial charge in [0, 0.05) is 12.7 Å². The molecule has 1 fully saturated rings. The Morgan fingerprint density at radius 2 is 2.00 bits per heavy atom. The van der Waals surface area contributed by atoms with Gasteiger partial charge in [-0.3, -0.25) is 4.79 Å². The summed E-state index contributed by atoms with van der Waals surface area (Å²) in [5, 5.41) is -0.302. The summed E-state index contributed by atoms with van der Waals surface area (Å²) in [6, 6.07) is 10.6. The topological polar surface area (TPSA) is 69.0 Å². The molecule has 2 atom stereocenters. The Hall–Kier alpha value is -2.41. The summed E-state index contributed by atoms with van der Waals surface area (Å²) < 4.78 is 16.3. The molecule has 3 rings (SSSR count). The second kappa shape index (κ2) is 8.31. The monoisotopic (exact) mass is 375 g/mol. The van der Waals surface area contributed by atoms with E-state index in [-0.39, 0.29) is 24.5 Å². The molecule has 1 aromatic carbocycles. The molecule has 2 heterocycles. The van der Waals surface area contributed by atoms with Crippen LogP contribution in [0.4, 0.5) is 0 Å². The SMILES string of the molecule is CC(=O)N1[C@@H](C(=O)OCCOc2ccc(C)cc2)CS[C@H]1c1ccco1. The molecule has 1 aromatic heterocycles. The number of hydrogen-bond donors (Lipinski definition) is 0. The van der Waals surface area contributed by atoms with Crippen molar-refractivity contribution in [2.45, 2.75) is 25.3 Å². The fraction of sp³-hybridized carbons (Fsp3) is 0.368. The molecule has 0 saturated carbocycles. The Balaban J connectivity index is 1.52. The molecule has 0 radical (unpaired) electrons. The molecule has 1 aliphatic rings. The zero-order chi connectivity index (χ0) is 18.5. The summed E-state index contributed by atoms with van der Waals surface area (Å²) in [5.74, 6) is 1.25. The minimum Gasteiger partial charge on any atom is -0.490 e. The highest BCUT2D eigenvalue weighted by Gasteiger charge is 2.43. The summed E-state index contributed by atoms with van der Waals surface area (Å²) in [7, 11) is 0. The van der Waals surface area contributed by atoms with Gasteiger partial charge >= 0.3 is 5.97 Å². The fourth-order valence-electron chi connectivity index (χ4n) is 2.76. The van der Waals surface area contributed by atoms with Crippen LogP contribution in [0.25, 0.3) is 0 Å². The number of furan rings is 1. The molecule has 6 nitrogen and oxygen atoms in total. The van der Waals surface area contributed by atoms with Crippen molar-refractivity contribution in [1.29, 1.82) is 0 Å². The Morgan fingerprint density at radius 1 is 1.23 bits per heavy atom. The first-order valence-corrected chi connectivity index (χ1v) is 9.41. The lowest BCUT2D eigenvalue weighted by atomic mass is 10.2. The molecule has 0 spiro atoms. The standard InChI is InChI=1S/C19H21NO5S/c1-13-5-7-15(8-6-13)23-10-11-25-19(22)16-12-26-18(20(16)14(2)21)17-4-3-9-24-17/h3-9,16,18H,10-12H2,1-2H3/t16-,18+/m1/s1. The van der Waals surface area contributed by atoms with Crippen molar-refractivity contribution in [3.8, 4) is 5.75 Å². The molecular formula is C19H21NO5S. The van der Waals surface area contributed by atoms with Crippen LogP contribution < -0.4 is 4.74 Å². The van der Waals surface area contributed by atoms with Crippen LogP contribution in [0.3, 0.4) is 0 Å². The summed E-state index contributed by atoms with van der Waals surface area (Å²) in [5.41, 5.74) is 1.15. The third kappa shape index (κ3) is 4.22. The zero-order valence-electron chi connectivity index (χ0n) is 14.7. The molecule has 1 amide bonds. The predicted molar refractivity (Wildman–Crippen MR) is 97.8 cm³/mol. The lowest BCUT2D eigenvalue weighted by molar-refractivity contribution is -0.154. The maximum Gasteiger partial charge on any atom is 0.329 e. The van der Waals surface area contributed by atoms with Crippen molar-refractivity contribution in [1.82, 2.24) is 4.90 Å². The van der Waals surface area contributed by atoms with Crippen LogP contribution in [0.5, 0.6) is 5.75 Å². The second-order valence-corrected chi connectivity index (χ2v) is 7.09. The van der Waals surface area contributed by atoms with E-state index in [0.717, 1.165) is 11.3 Å². The van der Waals surface area contributed by atoms with Gasteiger partial charge in [-0.15, -0.1) is 11.8 Å². The number of carbonyl (C=O) groups excluding carboxylic acids is 2. The van der Waals surface area contributed by atoms with Gasteiger partial charge in [-0.25, -0.2) is 4.79 Å². The molecule has 0 N–H and O–H groups in total. The minimum atomic E-state index is -0.619. The molecular weight excluding hydrogens is 354 g/mol. The number of carbonyl (C=O) groups is 2. The minimum absolute atomic E-state index is 0.130. The quantitative estimate of drug-likeness (QED) is 0.571. The lowest BCUT2D eigenvalue weighted by Gasteiger charge is -2.25. The third-order valence-corrected chi connectivity index (χ3v) is 5.32. The predicted octanol–water partition coefficient (Wildman–Crippen LogP) is 3.17. The van der Waals surface area contributed by atoms with Gasteiger partial charge in [-0.05, 0) is 31.2 Å². The number of nitrogens with zero attached hydrogens (tertiary/aromatic N) is 1. The molecule has 138 valence electrons. The summed E-state index contributed by atoms with van der Waals surface area (Å²) in [6.45, 7) is 3.84. The van der Waals surface area contributed by atoms with Crippen LogP contribution in [-0.2, 0) is 14.3 Å².